The maximum atomic E-state index is 6.25. The summed E-state index contributed by atoms with van der Waals surface area (Å²) in [5.41, 5.74) is 5.53. The zero-order valence-electron chi connectivity index (χ0n) is 9.20. The van der Waals surface area contributed by atoms with Gasteiger partial charge in [0.05, 0.1) is 15.7 Å². The van der Waals surface area contributed by atoms with Gasteiger partial charge in [-0.25, -0.2) is 0 Å². The molecule has 0 saturated heterocycles. The average molecular weight is 200 g/mol. The van der Waals surface area contributed by atoms with Crippen LogP contribution in [0.1, 0.15) is 16.7 Å². The van der Waals surface area contributed by atoms with Gasteiger partial charge in [-0.2, -0.15) is 0 Å². The molecule has 0 aliphatic heterocycles. The molecule has 0 aromatic heterocycles. The largest absolute Gasteiger partial charge is 0.0745 e. The lowest BCUT2D eigenvalue weighted by atomic mass is 9.49. The number of aryl methyl sites for hydroxylation is 1. The summed E-state index contributed by atoms with van der Waals surface area (Å²) in [6, 6.07) is 14.4. The lowest BCUT2D eigenvalue weighted by Gasteiger charge is -2.22. The third kappa shape index (κ3) is 1.13. The van der Waals surface area contributed by atoms with Crippen molar-refractivity contribution in [2.24, 2.45) is 0 Å². The Balaban J connectivity index is 2.39. The molecule has 0 atom stereocenters. The van der Waals surface area contributed by atoms with E-state index in [4.69, 9.17) is 15.7 Å². The van der Waals surface area contributed by atoms with Crippen LogP contribution in [0.3, 0.4) is 0 Å². The summed E-state index contributed by atoms with van der Waals surface area (Å²) in [7, 11) is 12.5. The number of hydrogen-bond acceptors (Lipinski definition) is 0. The lowest BCUT2D eigenvalue weighted by molar-refractivity contribution is 1.08. The summed E-state index contributed by atoms with van der Waals surface area (Å²) in [4.78, 5) is 0. The number of fused-ring (bicyclic) bond motifs is 3. The fourth-order valence-electron chi connectivity index (χ4n) is 2.46. The van der Waals surface area contributed by atoms with Crippen molar-refractivity contribution in [1.82, 2.24) is 0 Å². The highest BCUT2D eigenvalue weighted by Gasteiger charge is 2.33. The van der Waals surface area contributed by atoms with Gasteiger partial charge >= 0.3 is 0 Å². The quantitative estimate of drug-likeness (QED) is 0.573. The van der Waals surface area contributed by atoms with Crippen molar-refractivity contribution in [3.05, 3.63) is 59.2 Å². The van der Waals surface area contributed by atoms with Crippen LogP contribution >= 0.6 is 0 Å². The Kier molecular flexibility index (Phi) is 1.85. The minimum Gasteiger partial charge on any atom is -0.0620 e. The van der Waals surface area contributed by atoms with Crippen molar-refractivity contribution in [3.63, 3.8) is 0 Å². The molecule has 0 saturated carbocycles. The first-order valence-corrected chi connectivity index (χ1v) is 5.39. The van der Waals surface area contributed by atoms with Crippen molar-refractivity contribution in [1.29, 1.82) is 0 Å². The van der Waals surface area contributed by atoms with Crippen LogP contribution in [0.2, 0.25) is 0 Å². The molecule has 0 amide bonds. The van der Waals surface area contributed by atoms with Gasteiger partial charge in [0.15, 0.2) is 0 Å². The number of rotatable bonds is 0. The van der Waals surface area contributed by atoms with Gasteiger partial charge in [-0.1, -0.05) is 53.2 Å². The monoisotopic (exact) mass is 200 g/mol. The molecule has 0 N–H and O–H groups in total. The zero-order chi connectivity index (χ0) is 11.3. The SMILES string of the molecule is [B]C1([B])c2ccccc2-c2ccc(C)cc21. The van der Waals surface area contributed by atoms with Gasteiger partial charge in [0.25, 0.3) is 0 Å². The van der Waals surface area contributed by atoms with Crippen LogP contribution in [0.5, 0.6) is 0 Å². The van der Waals surface area contributed by atoms with Crippen LogP contribution in [0.15, 0.2) is 42.5 Å². The van der Waals surface area contributed by atoms with Crippen LogP contribution < -0.4 is 0 Å². The van der Waals surface area contributed by atoms with Gasteiger partial charge in [-0.05, 0) is 29.2 Å². The standard InChI is InChI=1S/C14H10B2/c1-9-6-7-11-10-4-2-3-5-12(10)14(15,16)13(11)8-9/h2-8H,1H3. The van der Waals surface area contributed by atoms with E-state index in [2.05, 4.69) is 31.2 Å². The van der Waals surface area contributed by atoms with Crippen molar-refractivity contribution in [2.75, 3.05) is 0 Å². The third-order valence-electron chi connectivity index (χ3n) is 3.28. The predicted octanol–water partition coefficient (Wildman–Crippen LogP) is 2.51. The molecule has 2 heteroatoms. The van der Waals surface area contributed by atoms with E-state index in [1.807, 2.05) is 18.2 Å². The molecule has 72 valence electrons. The summed E-state index contributed by atoms with van der Waals surface area (Å²) in [6.07, 6.45) is 0. The van der Waals surface area contributed by atoms with Gasteiger partial charge in [0.2, 0.25) is 0 Å². The van der Waals surface area contributed by atoms with Crippen LogP contribution in [0.4, 0.5) is 0 Å². The summed E-state index contributed by atoms with van der Waals surface area (Å²) in [5.74, 6) is 0. The highest BCUT2D eigenvalue weighted by atomic mass is 14.3. The normalized spacial score (nSPS) is 15.6. The molecule has 0 heterocycles. The molecule has 4 radical (unpaired) electrons. The molecule has 2 aromatic rings. The van der Waals surface area contributed by atoms with E-state index in [0.717, 1.165) is 22.3 Å². The molecule has 16 heavy (non-hydrogen) atoms. The summed E-state index contributed by atoms with van der Waals surface area (Å²) < 4.78 is 0. The smallest absolute Gasteiger partial charge is 0.0620 e. The Morgan fingerprint density at radius 1 is 0.875 bits per heavy atom. The van der Waals surface area contributed by atoms with Crippen LogP contribution in [-0.4, -0.2) is 15.7 Å². The van der Waals surface area contributed by atoms with E-state index >= 15 is 0 Å². The zero-order valence-corrected chi connectivity index (χ0v) is 9.20. The minimum atomic E-state index is -0.849. The molecular weight excluding hydrogens is 190 g/mol. The van der Waals surface area contributed by atoms with Gasteiger partial charge in [0, 0.05) is 0 Å². The first kappa shape index (κ1) is 9.77. The minimum absolute atomic E-state index is 0.849. The Morgan fingerprint density at radius 3 is 2.38 bits per heavy atom. The molecular formula is C14H10B2. The fraction of sp³-hybridized carbons (Fsp3) is 0.143. The summed E-state index contributed by atoms with van der Waals surface area (Å²) in [5, 5.41) is -0.849. The van der Waals surface area contributed by atoms with Crippen LogP contribution in [0, 0.1) is 6.92 Å². The maximum absolute atomic E-state index is 6.25. The molecule has 3 rings (SSSR count). The number of hydrogen-bond donors (Lipinski definition) is 0. The second-order valence-electron chi connectivity index (χ2n) is 4.46. The third-order valence-corrected chi connectivity index (χ3v) is 3.28. The average Bonchev–Trinajstić information content (AvgIpc) is 2.49. The van der Waals surface area contributed by atoms with Crippen molar-refractivity contribution in [2.45, 2.75) is 12.1 Å². The Hall–Kier alpha value is -1.43. The van der Waals surface area contributed by atoms with Crippen LogP contribution in [-0.2, 0) is 5.21 Å². The van der Waals surface area contributed by atoms with E-state index in [1.54, 1.807) is 0 Å². The molecule has 0 fully saturated rings. The van der Waals surface area contributed by atoms with Gasteiger partial charge in [-0.3, -0.25) is 0 Å². The Morgan fingerprint density at radius 2 is 1.56 bits per heavy atom. The number of benzene rings is 2. The van der Waals surface area contributed by atoms with Crippen molar-refractivity contribution >= 4 is 15.7 Å². The van der Waals surface area contributed by atoms with Crippen molar-refractivity contribution < 1.29 is 0 Å². The van der Waals surface area contributed by atoms with E-state index in [0.29, 0.717) is 0 Å². The molecule has 0 unspecified atom stereocenters. The molecule has 2 aromatic carbocycles. The van der Waals surface area contributed by atoms with Crippen LogP contribution in [0.25, 0.3) is 11.1 Å². The highest BCUT2D eigenvalue weighted by molar-refractivity contribution is 6.44. The first-order valence-electron chi connectivity index (χ1n) is 5.39. The highest BCUT2D eigenvalue weighted by Crippen LogP contribution is 2.45. The van der Waals surface area contributed by atoms with Gasteiger partial charge < -0.3 is 0 Å². The van der Waals surface area contributed by atoms with E-state index in [9.17, 15) is 0 Å². The van der Waals surface area contributed by atoms with Crippen molar-refractivity contribution in [3.8, 4) is 11.1 Å². The fourth-order valence-corrected chi connectivity index (χ4v) is 2.46. The van der Waals surface area contributed by atoms with E-state index in [1.165, 1.54) is 5.56 Å². The molecule has 0 nitrogen and oxygen atoms in total. The first-order chi connectivity index (χ1) is 7.60. The Labute approximate surface area is 98.5 Å². The second-order valence-corrected chi connectivity index (χ2v) is 4.46. The molecule has 1 aliphatic rings. The molecule has 0 spiro atoms. The van der Waals surface area contributed by atoms with Gasteiger partial charge in [0.1, 0.15) is 0 Å². The topological polar surface area (TPSA) is 0 Å². The predicted molar refractivity (Wildman–Crippen MR) is 68.9 cm³/mol. The van der Waals surface area contributed by atoms with Gasteiger partial charge in [-0.15, -0.1) is 0 Å². The Bertz CT molecular complexity index is 571. The second kappa shape index (κ2) is 3.04. The summed E-state index contributed by atoms with van der Waals surface area (Å²) >= 11 is 0. The van der Waals surface area contributed by atoms with E-state index < -0.39 is 5.21 Å². The molecule has 0 bridgehead atoms. The maximum Gasteiger partial charge on any atom is 0.0745 e. The lowest BCUT2D eigenvalue weighted by Crippen LogP contribution is -2.25. The molecule has 1 aliphatic carbocycles. The summed E-state index contributed by atoms with van der Waals surface area (Å²) in [6.45, 7) is 2.05. The van der Waals surface area contributed by atoms with E-state index in [-0.39, 0.29) is 0 Å².